The molecule has 32 heavy (non-hydrogen) atoms. The lowest BCUT2D eigenvalue weighted by Crippen LogP contribution is -2.38. The molecular weight excluding hydrogens is 429 g/mol. The van der Waals surface area contributed by atoms with Crippen molar-refractivity contribution in [1.82, 2.24) is 19.4 Å². The minimum Gasteiger partial charge on any atom is -0.497 e. The van der Waals surface area contributed by atoms with Crippen LogP contribution in [0.3, 0.4) is 0 Å². The van der Waals surface area contributed by atoms with Crippen LogP contribution in [0.2, 0.25) is 0 Å². The number of aromatic nitrogens is 3. The maximum atomic E-state index is 12.6. The summed E-state index contributed by atoms with van der Waals surface area (Å²) in [7, 11) is 1.66. The van der Waals surface area contributed by atoms with E-state index in [4.69, 9.17) is 14.6 Å². The highest BCUT2D eigenvalue weighted by Gasteiger charge is 2.38. The van der Waals surface area contributed by atoms with Crippen LogP contribution >= 0.6 is 0 Å². The first-order valence-corrected chi connectivity index (χ1v) is 9.40. The number of alkyl halides is 3. The molecule has 0 fully saturated rings. The summed E-state index contributed by atoms with van der Waals surface area (Å²) in [5, 5.41) is 7.12. The highest BCUT2D eigenvalue weighted by atomic mass is 19.4. The average molecular weight is 448 g/mol. The van der Waals surface area contributed by atoms with Crippen molar-refractivity contribution in [3.05, 3.63) is 66.4 Å². The predicted molar refractivity (Wildman–Crippen MR) is 107 cm³/mol. The quantitative estimate of drug-likeness (QED) is 0.661. The highest BCUT2D eigenvalue weighted by Crippen LogP contribution is 2.26. The van der Waals surface area contributed by atoms with Gasteiger partial charge in [-0.1, -0.05) is 6.07 Å². The molecule has 0 radical (unpaired) electrons. The first-order valence-electron chi connectivity index (χ1n) is 9.40. The van der Waals surface area contributed by atoms with Crippen molar-refractivity contribution in [2.75, 3.05) is 13.7 Å². The van der Waals surface area contributed by atoms with E-state index in [2.05, 4.69) is 14.5 Å². The molecule has 11 heteroatoms. The second-order valence-corrected chi connectivity index (χ2v) is 6.68. The van der Waals surface area contributed by atoms with Crippen molar-refractivity contribution in [2.24, 2.45) is 0 Å². The third kappa shape index (κ3) is 5.23. The van der Waals surface area contributed by atoms with Gasteiger partial charge in [0, 0.05) is 24.8 Å². The summed E-state index contributed by atoms with van der Waals surface area (Å²) in [6.07, 6.45) is -1.58. The van der Waals surface area contributed by atoms with E-state index in [0.29, 0.717) is 18.8 Å². The summed E-state index contributed by atoms with van der Waals surface area (Å²) < 4.78 is 39.1. The number of methoxy groups -OCH3 is 1. The second kappa shape index (κ2) is 9.50. The van der Waals surface area contributed by atoms with Crippen LogP contribution < -0.4 is 4.74 Å². The molecule has 1 N–H and O–H groups in total. The van der Waals surface area contributed by atoms with Gasteiger partial charge in [0.25, 0.3) is 5.91 Å². The number of carboxylic acids is 1. The second-order valence-electron chi connectivity index (χ2n) is 6.68. The molecule has 0 saturated heterocycles. The molecular formula is C21H19F3N4O4. The van der Waals surface area contributed by atoms with Crippen molar-refractivity contribution in [3.8, 4) is 17.0 Å². The largest absolute Gasteiger partial charge is 0.497 e. The number of pyridine rings is 1. The number of hydrogen-bond donors (Lipinski definition) is 1. The Morgan fingerprint density at radius 1 is 1.06 bits per heavy atom. The molecule has 3 aromatic rings. The van der Waals surface area contributed by atoms with Gasteiger partial charge in [0.1, 0.15) is 17.3 Å². The van der Waals surface area contributed by atoms with Crippen LogP contribution in [0.1, 0.15) is 16.3 Å². The van der Waals surface area contributed by atoms with Gasteiger partial charge in [-0.05, 0) is 36.4 Å². The van der Waals surface area contributed by atoms with E-state index in [1.807, 2.05) is 36.5 Å². The Morgan fingerprint density at radius 3 is 2.31 bits per heavy atom. The van der Waals surface area contributed by atoms with E-state index >= 15 is 0 Å². The van der Waals surface area contributed by atoms with Gasteiger partial charge in [0.2, 0.25) is 0 Å². The van der Waals surface area contributed by atoms with Crippen LogP contribution in [-0.2, 0) is 17.9 Å². The van der Waals surface area contributed by atoms with E-state index in [1.54, 1.807) is 30.3 Å². The zero-order valence-corrected chi connectivity index (χ0v) is 16.9. The first-order chi connectivity index (χ1) is 15.2. The van der Waals surface area contributed by atoms with Crippen LogP contribution in [0.4, 0.5) is 13.2 Å². The minimum atomic E-state index is -5.08. The van der Waals surface area contributed by atoms with Crippen molar-refractivity contribution in [1.29, 1.82) is 0 Å². The van der Waals surface area contributed by atoms with Gasteiger partial charge < -0.3 is 19.3 Å². The summed E-state index contributed by atoms with van der Waals surface area (Å²) in [6.45, 7) is 1.85. The molecule has 4 rings (SSSR count). The summed E-state index contributed by atoms with van der Waals surface area (Å²) >= 11 is 0. The summed E-state index contributed by atoms with van der Waals surface area (Å²) in [5.41, 5.74) is 2.62. The fourth-order valence-corrected chi connectivity index (χ4v) is 3.08. The normalized spacial score (nSPS) is 12.9. The van der Waals surface area contributed by atoms with Gasteiger partial charge in [0.15, 0.2) is 0 Å². The fourth-order valence-electron chi connectivity index (χ4n) is 3.08. The van der Waals surface area contributed by atoms with Crippen LogP contribution in [-0.4, -0.2) is 56.2 Å². The SMILES string of the molecule is COc1ccc(-c2cnc3n2CCN(C(=O)c2ccccn2)C3)cc1.O=C(O)C(F)(F)F. The number of hydrogen-bond acceptors (Lipinski definition) is 5. The van der Waals surface area contributed by atoms with Crippen LogP contribution in [0.25, 0.3) is 11.3 Å². The Labute approximate surface area is 180 Å². The Kier molecular flexibility index (Phi) is 6.76. The number of carbonyl (C=O) groups excluding carboxylic acids is 1. The van der Waals surface area contributed by atoms with Crippen molar-refractivity contribution in [3.63, 3.8) is 0 Å². The standard InChI is InChI=1S/C19H18N4O2.C2HF3O2/c1-25-15-7-5-14(6-8-15)17-12-21-18-13-22(10-11-23(17)18)19(24)16-4-2-3-9-20-16;3-2(4,5)1(6)7/h2-9,12H,10-11,13H2,1H3;(H,6,7). The zero-order chi connectivity index (χ0) is 23.3. The Bertz CT molecular complexity index is 1080. The first kappa shape index (κ1) is 22.8. The minimum absolute atomic E-state index is 0.0548. The molecule has 0 atom stereocenters. The molecule has 168 valence electrons. The number of benzene rings is 1. The third-order valence-corrected chi connectivity index (χ3v) is 4.66. The van der Waals surface area contributed by atoms with Crippen molar-refractivity contribution in [2.45, 2.75) is 19.3 Å². The topological polar surface area (TPSA) is 97.5 Å². The zero-order valence-electron chi connectivity index (χ0n) is 16.9. The fraction of sp³-hybridized carbons (Fsp3) is 0.238. The number of fused-ring (bicyclic) bond motifs is 1. The van der Waals surface area contributed by atoms with E-state index < -0.39 is 12.1 Å². The van der Waals surface area contributed by atoms with Gasteiger partial charge in [-0.15, -0.1) is 0 Å². The number of ether oxygens (including phenoxy) is 1. The lowest BCUT2D eigenvalue weighted by molar-refractivity contribution is -0.192. The molecule has 8 nitrogen and oxygen atoms in total. The van der Waals surface area contributed by atoms with E-state index in [-0.39, 0.29) is 5.91 Å². The lowest BCUT2D eigenvalue weighted by Gasteiger charge is -2.28. The molecule has 3 heterocycles. The van der Waals surface area contributed by atoms with Gasteiger partial charge in [0.05, 0.1) is 25.5 Å². The third-order valence-electron chi connectivity index (χ3n) is 4.66. The Hall–Kier alpha value is -3.89. The van der Waals surface area contributed by atoms with Gasteiger partial charge in [-0.2, -0.15) is 13.2 Å². The number of carbonyl (C=O) groups is 2. The molecule has 0 aliphatic carbocycles. The molecule has 0 unspecified atom stereocenters. The van der Waals surface area contributed by atoms with Crippen LogP contribution in [0.15, 0.2) is 54.9 Å². The number of rotatable bonds is 3. The smallest absolute Gasteiger partial charge is 0.490 e. The molecule has 2 aromatic heterocycles. The van der Waals surface area contributed by atoms with Crippen LogP contribution in [0, 0.1) is 0 Å². The molecule has 1 aliphatic heterocycles. The number of imidazole rings is 1. The molecule has 0 spiro atoms. The van der Waals surface area contributed by atoms with Crippen molar-refractivity contribution < 1.29 is 32.6 Å². The maximum absolute atomic E-state index is 12.6. The van der Waals surface area contributed by atoms with Gasteiger partial charge in [-0.3, -0.25) is 9.78 Å². The molecule has 0 saturated carbocycles. The average Bonchev–Trinajstić information content (AvgIpc) is 3.22. The molecule has 0 bridgehead atoms. The number of halogens is 3. The number of nitrogens with zero attached hydrogens (tertiary/aromatic N) is 4. The van der Waals surface area contributed by atoms with Gasteiger partial charge >= 0.3 is 12.1 Å². The van der Waals surface area contributed by atoms with Crippen molar-refractivity contribution >= 4 is 11.9 Å². The summed E-state index contributed by atoms with van der Waals surface area (Å²) in [4.78, 5) is 31.9. The van der Waals surface area contributed by atoms with Gasteiger partial charge in [-0.25, -0.2) is 9.78 Å². The van der Waals surface area contributed by atoms with Crippen LogP contribution in [0.5, 0.6) is 5.75 Å². The molecule has 1 aromatic carbocycles. The van der Waals surface area contributed by atoms with E-state index in [1.165, 1.54) is 0 Å². The van der Waals surface area contributed by atoms with E-state index in [0.717, 1.165) is 29.4 Å². The van der Waals surface area contributed by atoms with E-state index in [9.17, 15) is 18.0 Å². The predicted octanol–water partition coefficient (Wildman–Crippen LogP) is 3.24. The summed E-state index contributed by atoms with van der Waals surface area (Å²) in [5.74, 6) is -1.09. The maximum Gasteiger partial charge on any atom is 0.490 e. The molecule has 1 aliphatic rings. The number of carboxylic acid groups (broad SMARTS) is 1. The number of aliphatic carboxylic acids is 1. The number of amides is 1. The highest BCUT2D eigenvalue weighted by molar-refractivity contribution is 5.92. The Balaban J connectivity index is 0.000000360. The molecule has 1 amide bonds. The lowest BCUT2D eigenvalue weighted by atomic mass is 10.1. The Morgan fingerprint density at radius 2 is 1.75 bits per heavy atom. The monoisotopic (exact) mass is 448 g/mol. The summed E-state index contributed by atoms with van der Waals surface area (Å²) in [6, 6.07) is 13.3.